The van der Waals surface area contributed by atoms with E-state index in [1.54, 1.807) is 24.3 Å². The van der Waals surface area contributed by atoms with Crippen LogP contribution in [0.25, 0.3) is 0 Å². The zero-order valence-corrected chi connectivity index (χ0v) is 13.4. The summed E-state index contributed by atoms with van der Waals surface area (Å²) >= 11 is 0. The van der Waals surface area contributed by atoms with E-state index in [-0.39, 0.29) is 29.9 Å². The minimum Gasteiger partial charge on any atom is -0.350 e. The van der Waals surface area contributed by atoms with Gasteiger partial charge in [-0.3, -0.25) is 9.59 Å². The van der Waals surface area contributed by atoms with E-state index in [1.165, 1.54) is 0 Å². The van der Waals surface area contributed by atoms with Crippen LogP contribution >= 0.6 is 0 Å². The van der Waals surface area contributed by atoms with Crippen LogP contribution in [0, 0.1) is 0 Å². The monoisotopic (exact) mass is 291 g/mol. The maximum atomic E-state index is 11.9. The second-order valence-electron chi connectivity index (χ2n) is 6.36. The number of benzene rings is 1. The lowest BCUT2D eigenvalue weighted by molar-refractivity contribution is -0.115. The Kier molecular flexibility index (Phi) is 5.90. The Morgan fingerprint density at radius 2 is 1.86 bits per heavy atom. The molecule has 0 bridgehead atoms. The van der Waals surface area contributed by atoms with Gasteiger partial charge in [0.1, 0.15) is 0 Å². The van der Waals surface area contributed by atoms with Gasteiger partial charge < -0.3 is 16.0 Å². The van der Waals surface area contributed by atoms with E-state index in [4.69, 9.17) is 0 Å². The molecule has 1 aromatic carbocycles. The highest BCUT2D eigenvalue weighted by molar-refractivity contribution is 5.97. The molecule has 116 valence electrons. The molecule has 0 radical (unpaired) electrons. The molecular weight excluding hydrogens is 266 g/mol. The maximum absolute atomic E-state index is 11.9. The Hall–Kier alpha value is -1.88. The maximum Gasteiger partial charge on any atom is 0.251 e. The highest BCUT2D eigenvalue weighted by Crippen LogP contribution is 2.11. The molecule has 5 nitrogen and oxygen atoms in total. The van der Waals surface area contributed by atoms with Gasteiger partial charge >= 0.3 is 0 Å². The Morgan fingerprint density at radius 1 is 1.19 bits per heavy atom. The number of amides is 2. The van der Waals surface area contributed by atoms with Crippen molar-refractivity contribution in [2.24, 2.45) is 0 Å². The van der Waals surface area contributed by atoms with Crippen LogP contribution in [0.15, 0.2) is 24.3 Å². The fraction of sp³-hybridized carbons (Fsp3) is 0.500. The van der Waals surface area contributed by atoms with Crippen LogP contribution in [0.3, 0.4) is 0 Å². The second kappa shape index (κ2) is 7.22. The summed E-state index contributed by atoms with van der Waals surface area (Å²) in [5, 5.41) is 8.72. The second-order valence-corrected chi connectivity index (χ2v) is 6.36. The molecule has 5 heteroatoms. The predicted octanol–water partition coefficient (Wildman–Crippen LogP) is 2.15. The van der Waals surface area contributed by atoms with E-state index >= 15 is 0 Å². The fourth-order valence-corrected chi connectivity index (χ4v) is 1.63. The first kappa shape index (κ1) is 17.2. The summed E-state index contributed by atoms with van der Waals surface area (Å²) in [7, 11) is 0. The van der Waals surface area contributed by atoms with Gasteiger partial charge in [0, 0.05) is 22.8 Å². The fourth-order valence-electron chi connectivity index (χ4n) is 1.63. The first-order valence-electron chi connectivity index (χ1n) is 7.13. The summed E-state index contributed by atoms with van der Waals surface area (Å²) in [4.78, 5) is 23.8. The first-order valence-corrected chi connectivity index (χ1v) is 7.13. The molecule has 0 saturated carbocycles. The van der Waals surface area contributed by atoms with E-state index in [9.17, 15) is 9.59 Å². The molecule has 0 atom stereocenters. The standard InChI is InChI=1S/C16H25N3O2/c1-11(2)18-15(21)12-7-6-8-13(9-12)19-14(20)10-17-16(3,4)5/h6-9,11,17H,10H2,1-5H3,(H,18,21)(H,19,20). The Morgan fingerprint density at radius 3 is 2.43 bits per heavy atom. The molecule has 1 aromatic rings. The van der Waals surface area contributed by atoms with Gasteiger partial charge in [-0.2, -0.15) is 0 Å². The largest absolute Gasteiger partial charge is 0.350 e. The van der Waals surface area contributed by atoms with Crippen molar-refractivity contribution in [3.63, 3.8) is 0 Å². The number of rotatable bonds is 5. The Bertz CT molecular complexity index is 504. The molecule has 0 aliphatic carbocycles. The highest BCUT2D eigenvalue weighted by atomic mass is 16.2. The van der Waals surface area contributed by atoms with Crippen molar-refractivity contribution in [3.8, 4) is 0 Å². The summed E-state index contributed by atoms with van der Waals surface area (Å²) in [5.74, 6) is -0.278. The van der Waals surface area contributed by atoms with E-state index in [0.717, 1.165) is 0 Å². The van der Waals surface area contributed by atoms with Crippen molar-refractivity contribution >= 4 is 17.5 Å². The molecular formula is C16H25N3O2. The molecule has 0 aliphatic heterocycles. The molecule has 0 saturated heterocycles. The van der Waals surface area contributed by atoms with Crippen molar-refractivity contribution in [3.05, 3.63) is 29.8 Å². The number of hydrogen-bond donors (Lipinski definition) is 3. The molecule has 1 rings (SSSR count). The lowest BCUT2D eigenvalue weighted by Gasteiger charge is -2.20. The zero-order chi connectivity index (χ0) is 16.0. The van der Waals surface area contributed by atoms with Crippen LogP contribution in [0.1, 0.15) is 45.0 Å². The van der Waals surface area contributed by atoms with Crippen LogP contribution in [-0.4, -0.2) is 29.9 Å². The highest BCUT2D eigenvalue weighted by Gasteiger charge is 2.12. The van der Waals surface area contributed by atoms with Gasteiger partial charge in [-0.15, -0.1) is 0 Å². The third-order valence-corrected chi connectivity index (χ3v) is 2.61. The van der Waals surface area contributed by atoms with E-state index in [0.29, 0.717) is 11.3 Å². The molecule has 3 N–H and O–H groups in total. The van der Waals surface area contributed by atoms with Crippen LogP contribution in [0.5, 0.6) is 0 Å². The van der Waals surface area contributed by atoms with Crippen LogP contribution in [0.4, 0.5) is 5.69 Å². The molecule has 0 aromatic heterocycles. The Balaban J connectivity index is 2.64. The minimum absolute atomic E-state index is 0.0757. The summed E-state index contributed by atoms with van der Waals surface area (Å²) in [6.07, 6.45) is 0. The van der Waals surface area contributed by atoms with Gasteiger partial charge in [0.25, 0.3) is 5.91 Å². The number of carbonyl (C=O) groups is 2. The number of anilines is 1. The van der Waals surface area contributed by atoms with Gasteiger partial charge in [-0.1, -0.05) is 6.07 Å². The summed E-state index contributed by atoms with van der Waals surface area (Å²) in [5.41, 5.74) is 1.04. The SMILES string of the molecule is CC(C)NC(=O)c1cccc(NC(=O)CNC(C)(C)C)c1. The van der Waals surface area contributed by atoms with Gasteiger partial charge in [0.2, 0.25) is 5.91 Å². The smallest absolute Gasteiger partial charge is 0.251 e. The summed E-state index contributed by atoms with van der Waals surface area (Å²) in [6, 6.07) is 6.99. The Labute approximate surface area is 126 Å². The molecule has 21 heavy (non-hydrogen) atoms. The third kappa shape index (κ3) is 6.90. The van der Waals surface area contributed by atoms with Crippen molar-refractivity contribution in [1.29, 1.82) is 0 Å². The van der Waals surface area contributed by atoms with Crippen molar-refractivity contribution in [2.75, 3.05) is 11.9 Å². The number of nitrogens with one attached hydrogen (secondary N) is 3. The van der Waals surface area contributed by atoms with Crippen molar-refractivity contribution < 1.29 is 9.59 Å². The molecule has 2 amide bonds. The zero-order valence-electron chi connectivity index (χ0n) is 13.4. The van der Waals surface area contributed by atoms with Crippen LogP contribution in [-0.2, 0) is 4.79 Å². The molecule has 0 unspecified atom stereocenters. The van der Waals surface area contributed by atoms with Gasteiger partial charge in [0.05, 0.1) is 6.54 Å². The van der Waals surface area contributed by atoms with E-state index < -0.39 is 0 Å². The lowest BCUT2D eigenvalue weighted by Crippen LogP contribution is -2.41. The summed E-state index contributed by atoms with van der Waals surface area (Å²) < 4.78 is 0. The topological polar surface area (TPSA) is 70.2 Å². The molecule has 0 heterocycles. The normalized spacial score (nSPS) is 11.3. The quantitative estimate of drug-likeness (QED) is 0.778. The van der Waals surface area contributed by atoms with Crippen LogP contribution < -0.4 is 16.0 Å². The van der Waals surface area contributed by atoms with Crippen LogP contribution in [0.2, 0.25) is 0 Å². The predicted molar refractivity (Wildman–Crippen MR) is 85.4 cm³/mol. The average molecular weight is 291 g/mol. The van der Waals surface area contributed by atoms with E-state index in [2.05, 4.69) is 16.0 Å². The minimum atomic E-state index is -0.145. The molecule has 0 fully saturated rings. The number of hydrogen-bond acceptors (Lipinski definition) is 3. The van der Waals surface area contributed by atoms with Crippen molar-refractivity contribution in [1.82, 2.24) is 10.6 Å². The van der Waals surface area contributed by atoms with Gasteiger partial charge in [-0.25, -0.2) is 0 Å². The number of carbonyl (C=O) groups excluding carboxylic acids is 2. The average Bonchev–Trinajstić information content (AvgIpc) is 2.35. The molecule has 0 aliphatic rings. The first-order chi connectivity index (χ1) is 9.67. The van der Waals surface area contributed by atoms with E-state index in [1.807, 2.05) is 34.6 Å². The van der Waals surface area contributed by atoms with Gasteiger partial charge in [0.15, 0.2) is 0 Å². The van der Waals surface area contributed by atoms with Gasteiger partial charge in [-0.05, 0) is 52.8 Å². The third-order valence-electron chi connectivity index (χ3n) is 2.61. The molecule has 0 spiro atoms. The lowest BCUT2D eigenvalue weighted by atomic mass is 10.1. The van der Waals surface area contributed by atoms with Crippen molar-refractivity contribution in [2.45, 2.75) is 46.2 Å². The summed E-state index contributed by atoms with van der Waals surface area (Å²) in [6.45, 7) is 10.0.